The van der Waals surface area contributed by atoms with Crippen molar-refractivity contribution < 1.29 is 29.4 Å². The van der Waals surface area contributed by atoms with Gasteiger partial charge in [0.1, 0.15) is 12.1 Å². The standard InChI is InChI=1S/C12H19N3O6S/c13-6(5-22)11(19)15-3-1-2-8(15)10(18)14-7(12(20)21)4-9(16)17/h6-8,22H,1-5,13H2,(H,14,18)(H,16,17)(H,20,21)/t6-,7-,8-/m0/s1. The number of carboxylic acid groups (broad SMARTS) is 2. The number of hydrogen-bond donors (Lipinski definition) is 5. The molecule has 10 heteroatoms. The number of rotatable bonds is 7. The highest BCUT2D eigenvalue weighted by molar-refractivity contribution is 7.80. The highest BCUT2D eigenvalue weighted by Crippen LogP contribution is 2.18. The van der Waals surface area contributed by atoms with Crippen molar-refractivity contribution in [2.45, 2.75) is 37.4 Å². The van der Waals surface area contributed by atoms with Gasteiger partial charge in [-0.2, -0.15) is 12.6 Å². The number of likely N-dealkylation sites (tertiary alicyclic amines) is 1. The van der Waals surface area contributed by atoms with Gasteiger partial charge in [0.05, 0.1) is 12.5 Å². The van der Waals surface area contributed by atoms with Crippen molar-refractivity contribution in [1.29, 1.82) is 0 Å². The van der Waals surface area contributed by atoms with E-state index in [1.165, 1.54) is 4.90 Å². The number of carbonyl (C=O) groups is 4. The fourth-order valence-corrected chi connectivity index (χ4v) is 2.39. The molecule has 2 amide bonds. The molecule has 1 aliphatic rings. The van der Waals surface area contributed by atoms with Crippen molar-refractivity contribution >= 4 is 36.4 Å². The van der Waals surface area contributed by atoms with Crippen LogP contribution in [0.2, 0.25) is 0 Å². The van der Waals surface area contributed by atoms with E-state index in [0.29, 0.717) is 19.4 Å². The topological polar surface area (TPSA) is 150 Å². The third-order valence-corrected chi connectivity index (χ3v) is 3.74. The molecule has 9 nitrogen and oxygen atoms in total. The molecule has 0 unspecified atom stereocenters. The molecule has 1 rings (SSSR count). The van der Waals surface area contributed by atoms with Gasteiger partial charge in [0.15, 0.2) is 0 Å². The van der Waals surface area contributed by atoms with Crippen LogP contribution in [0.1, 0.15) is 19.3 Å². The molecule has 0 aromatic rings. The smallest absolute Gasteiger partial charge is 0.326 e. The van der Waals surface area contributed by atoms with Crippen molar-refractivity contribution in [3.05, 3.63) is 0 Å². The SMILES string of the molecule is N[C@@H](CS)C(=O)N1CCC[C@H]1C(=O)N[C@@H](CC(=O)O)C(=O)O. The lowest BCUT2D eigenvalue weighted by molar-refractivity contribution is -0.148. The van der Waals surface area contributed by atoms with Crippen LogP contribution in [0.4, 0.5) is 0 Å². The van der Waals surface area contributed by atoms with E-state index in [2.05, 4.69) is 17.9 Å². The molecule has 1 saturated heterocycles. The van der Waals surface area contributed by atoms with Gasteiger partial charge < -0.3 is 26.2 Å². The molecule has 1 aliphatic heterocycles. The number of carbonyl (C=O) groups excluding carboxylic acids is 2. The zero-order chi connectivity index (χ0) is 16.9. The summed E-state index contributed by atoms with van der Waals surface area (Å²) in [6.07, 6.45) is 0.216. The summed E-state index contributed by atoms with van der Waals surface area (Å²) in [7, 11) is 0. The van der Waals surface area contributed by atoms with Crippen LogP contribution in [-0.2, 0) is 19.2 Å². The van der Waals surface area contributed by atoms with Crippen LogP contribution in [-0.4, -0.2) is 69.3 Å². The van der Waals surface area contributed by atoms with E-state index >= 15 is 0 Å². The molecule has 0 saturated carbocycles. The first-order chi connectivity index (χ1) is 10.3. The number of nitrogens with zero attached hydrogens (tertiary/aromatic N) is 1. The Hall–Kier alpha value is -1.81. The number of nitrogens with two attached hydrogens (primary N) is 1. The largest absolute Gasteiger partial charge is 0.481 e. The fraction of sp³-hybridized carbons (Fsp3) is 0.667. The van der Waals surface area contributed by atoms with Gasteiger partial charge in [-0.25, -0.2) is 4.79 Å². The second-order valence-electron chi connectivity index (χ2n) is 4.98. The minimum Gasteiger partial charge on any atom is -0.481 e. The summed E-state index contributed by atoms with van der Waals surface area (Å²) < 4.78 is 0. The van der Waals surface area contributed by atoms with Crippen LogP contribution in [0.15, 0.2) is 0 Å². The third-order valence-electron chi connectivity index (χ3n) is 3.35. The number of nitrogens with one attached hydrogen (secondary N) is 1. The fourth-order valence-electron chi connectivity index (χ4n) is 2.24. The Morgan fingerprint density at radius 2 is 1.95 bits per heavy atom. The van der Waals surface area contributed by atoms with Crippen molar-refractivity contribution in [3.63, 3.8) is 0 Å². The zero-order valence-electron chi connectivity index (χ0n) is 11.8. The van der Waals surface area contributed by atoms with Gasteiger partial charge in [-0.1, -0.05) is 0 Å². The quantitative estimate of drug-likeness (QED) is 0.348. The summed E-state index contributed by atoms with van der Waals surface area (Å²) in [4.78, 5) is 47.1. The van der Waals surface area contributed by atoms with Crippen LogP contribution >= 0.6 is 12.6 Å². The Morgan fingerprint density at radius 1 is 1.32 bits per heavy atom. The van der Waals surface area contributed by atoms with Gasteiger partial charge in [-0.3, -0.25) is 14.4 Å². The molecule has 124 valence electrons. The number of amides is 2. The van der Waals surface area contributed by atoms with Crippen LogP contribution < -0.4 is 11.1 Å². The molecule has 0 aromatic carbocycles. The lowest BCUT2D eigenvalue weighted by atomic mass is 10.1. The first-order valence-electron chi connectivity index (χ1n) is 6.69. The monoisotopic (exact) mass is 333 g/mol. The number of carboxylic acids is 2. The second-order valence-corrected chi connectivity index (χ2v) is 5.34. The Bertz CT molecular complexity index is 472. The van der Waals surface area contributed by atoms with Crippen molar-refractivity contribution in [3.8, 4) is 0 Å². The van der Waals surface area contributed by atoms with Gasteiger partial charge in [0, 0.05) is 12.3 Å². The molecule has 0 aromatic heterocycles. The van der Waals surface area contributed by atoms with Crippen molar-refractivity contribution in [2.24, 2.45) is 5.73 Å². The first-order valence-corrected chi connectivity index (χ1v) is 7.33. The van der Waals surface area contributed by atoms with Crippen LogP contribution in [0.5, 0.6) is 0 Å². The Labute approximate surface area is 132 Å². The van der Waals surface area contributed by atoms with Crippen molar-refractivity contribution in [1.82, 2.24) is 10.2 Å². The normalized spacial score (nSPS) is 20.3. The van der Waals surface area contributed by atoms with E-state index in [1.807, 2.05) is 0 Å². The maximum atomic E-state index is 12.1. The lowest BCUT2D eigenvalue weighted by Gasteiger charge is -2.27. The third kappa shape index (κ3) is 4.60. The highest BCUT2D eigenvalue weighted by Gasteiger charge is 2.37. The molecule has 5 N–H and O–H groups in total. The van der Waals surface area contributed by atoms with Crippen LogP contribution in [0.25, 0.3) is 0 Å². The minimum absolute atomic E-state index is 0.125. The van der Waals surface area contributed by atoms with Gasteiger partial charge >= 0.3 is 11.9 Å². The Morgan fingerprint density at radius 3 is 2.45 bits per heavy atom. The van der Waals surface area contributed by atoms with Gasteiger partial charge in [-0.05, 0) is 12.8 Å². The molecule has 0 bridgehead atoms. The van der Waals surface area contributed by atoms with Crippen LogP contribution in [0, 0.1) is 0 Å². The molecule has 0 spiro atoms. The first kappa shape index (κ1) is 18.2. The molecular formula is C12H19N3O6S. The average molecular weight is 333 g/mol. The minimum atomic E-state index is -1.54. The van der Waals surface area contributed by atoms with Crippen LogP contribution in [0.3, 0.4) is 0 Å². The van der Waals surface area contributed by atoms with E-state index in [0.717, 1.165) is 0 Å². The van der Waals surface area contributed by atoms with E-state index in [1.54, 1.807) is 0 Å². The predicted octanol–water partition coefficient (Wildman–Crippen LogP) is -1.72. The second kappa shape index (κ2) is 7.99. The molecule has 22 heavy (non-hydrogen) atoms. The zero-order valence-corrected chi connectivity index (χ0v) is 12.7. The Kier molecular flexibility index (Phi) is 6.62. The number of hydrogen-bond acceptors (Lipinski definition) is 6. The van der Waals surface area contributed by atoms with E-state index in [4.69, 9.17) is 15.9 Å². The van der Waals surface area contributed by atoms with Gasteiger partial charge in [-0.15, -0.1) is 0 Å². The summed E-state index contributed by atoms with van der Waals surface area (Å²) in [6, 6.07) is -3.22. The predicted molar refractivity (Wildman–Crippen MR) is 78.4 cm³/mol. The summed E-state index contributed by atoms with van der Waals surface area (Å²) in [5.74, 6) is -3.79. The van der Waals surface area contributed by atoms with E-state index < -0.39 is 48.3 Å². The maximum absolute atomic E-state index is 12.1. The molecule has 3 atom stereocenters. The average Bonchev–Trinajstić information content (AvgIpc) is 2.93. The lowest BCUT2D eigenvalue weighted by Crippen LogP contribution is -2.54. The molecule has 0 radical (unpaired) electrons. The van der Waals surface area contributed by atoms with Gasteiger partial charge in [0.25, 0.3) is 0 Å². The maximum Gasteiger partial charge on any atom is 0.326 e. The summed E-state index contributed by atoms with van der Waals surface area (Å²) in [5, 5.41) is 19.7. The molecule has 1 heterocycles. The summed E-state index contributed by atoms with van der Waals surface area (Å²) in [5.41, 5.74) is 5.60. The molecule has 1 fully saturated rings. The summed E-state index contributed by atoms with van der Waals surface area (Å²) >= 11 is 3.93. The van der Waals surface area contributed by atoms with Crippen molar-refractivity contribution in [2.75, 3.05) is 12.3 Å². The molecular weight excluding hydrogens is 314 g/mol. The number of thiol groups is 1. The highest BCUT2D eigenvalue weighted by atomic mass is 32.1. The number of aliphatic carboxylic acids is 2. The van der Waals surface area contributed by atoms with Gasteiger partial charge in [0.2, 0.25) is 11.8 Å². The Balaban J connectivity index is 2.76. The van der Waals surface area contributed by atoms with E-state index in [9.17, 15) is 19.2 Å². The summed E-state index contributed by atoms with van der Waals surface area (Å²) in [6.45, 7) is 0.342. The van der Waals surface area contributed by atoms with E-state index in [-0.39, 0.29) is 5.75 Å². The molecule has 0 aliphatic carbocycles.